The van der Waals surface area contributed by atoms with Gasteiger partial charge in [0.15, 0.2) is 0 Å². The number of alkyl halides is 6. The zero-order valence-electron chi connectivity index (χ0n) is 23.9. The van der Waals surface area contributed by atoms with Crippen LogP contribution in [-0.2, 0) is 23.5 Å². The number of hydrogen-bond acceptors (Lipinski definition) is 7. The summed E-state index contributed by atoms with van der Waals surface area (Å²) in [5, 5.41) is 19.5. The van der Waals surface area contributed by atoms with E-state index >= 15 is 0 Å². The fourth-order valence-corrected chi connectivity index (χ4v) is 5.99. The summed E-state index contributed by atoms with van der Waals surface area (Å²) in [5.74, 6) is -1.15. The van der Waals surface area contributed by atoms with Crippen LogP contribution < -0.4 is 15.5 Å². The number of fused-ring (bicyclic) bond motifs is 1. The Morgan fingerprint density at radius 3 is 2.40 bits per heavy atom. The van der Waals surface area contributed by atoms with Gasteiger partial charge in [0.05, 0.1) is 71.3 Å². The molecule has 2 aliphatic heterocycles. The van der Waals surface area contributed by atoms with Gasteiger partial charge in [-0.15, -0.1) is 0 Å². The first kappa shape index (κ1) is 32.0. The molecule has 1 aromatic carbocycles. The number of hydrogen-bond donors (Lipinski definition) is 2. The van der Waals surface area contributed by atoms with Crippen molar-refractivity contribution in [1.29, 1.82) is 5.26 Å². The Morgan fingerprint density at radius 2 is 1.80 bits per heavy atom. The molecule has 9 nitrogen and oxygen atoms in total. The van der Waals surface area contributed by atoms with Gasteiger partial charge in [-0.05, 0) is 60.4 Å². The van der Waals surface area contributed by atoms with Crippen LogP contribution >= 0.6 is 0 Å². The Hall–Kier alpha value is -4.42. The summed E-state index contributed by atoms with van der Waals surface area (Å²) in [6, 6.07) is 6.09. The Bertz CT molecular complexity index is 1630. The highest BCUT2D eigenvalue weighted by atomic mass is 19.4. The number of benzene rings is 1. The van der Waals surface area contributed by atoms with E-state index in [0.29, 0.717) is 43.6 Å². The molecule has 15 heteroatoms. The van der Waals surface area contributed by atoms with E-state index in [9.17, 15) is 41.5 Å². The summed E-state index contributed by atoms with van der Waals surface area (Å²) >= 11 is 0. The third kappa shape index (κ3) is 6.38. The van der Waals surface area contributed by atoms with Crippen molar-refractivity contribution in [2.45, 2.75) is 50.1 Å². The van der Waals surface area contributed by atoms with Crippen LogP contribution in [0.5, 0.6) is 0 Å². The number of halogens is 6. The molecular weight excluding hydrogens is 606 g/mol. The minimum atomic E-state index is -4.86. The molecule has 0 spiro atoms. The van der Waals surface area contributed by atoms with Gasteiger partial charge in [0, 0.05) is 19.1 Å². The number of anilines is 2. The molecule has 3 N–H and O–H groups in total. The molecule has 0 aliphatic carbocycles. The molecule has 2 aromatic heterocycles. The summed E-state index contributed by atoms with van der Waals surface area (Å²) in [4.78, 5) is 23.7. The van der Waals surface area contributed by atoms with E-state index in [4.69, 9.17) is 10.5 Å². The smallest absolute Gasteiger partial charge is 0.433 e. The maximum atomic E-state index is 13.8. The first-order valence-electron chi connectivity index (χ1n) is 14.0. The summed E-state index contributed by atoms with van der Waals surface area (Å²) in [5.41, 5.74) is 4.98. The van der Waals surface area contributed by atoms with E-state index in [1.54, 1.807) is 19.1 Å². The summed E-state index contributed by atoms with van der Waals surface area (Å²) in [6.45, 7) is 3.52. The third-order valence-electron chi connectivity index (χ3n) is 8.03. The number of morpholine rings is 1. The lowest BCUT2D eigenvalue weighted by Crippen LogP contribution is -2.56. The monoisotopic (exact) mass is 634 g/mol. The number of rotatable bonds is 5. The summed E-state index contributed by atoms with van der Waals surface area (Å²) in [6.07, 6.45) is -9.51. The van der Waals surface area contributed by atoms with Gasteiger partial charge in [-0.2, -0.15) is 31.6 Å². The lowest BCUT2D eigenvalue weighted by Gasteiger charge is -2.43. The van der Waals surface area contributed by atoms with Gasteiger partial charge in [0.1, 0.15) is 5.69 Å². The molecule has 0 radical (unpaired) electrons. The van der Waals surface area contributed by atoms with E-state index < -0.39 is 47.7 Å². The standard InChI is InChI=1S/C30H28F6N6O3/c1-2-21-25(38)24(27-22(42(21)28(43)44)3-4-23(40-27)30(34,35)36)26-18(13-20(15-39-26)41-5-7-45-8-6-41)10-16-9-17(14-37)12-19(11-16)29(31,32)33/h3-4,9,11-13,15,21,24-25H,2,5-8,10,38H2,1H3,(H,43,44). The van der Waals surface area contributed by atoms with E-state index in [-0.39, 0.29) is 41.0 Å². The van der Waals surface area contributed by atoms with Crippen molar-refractivity contribution < 1.29 is 41.0 Å². The number of ether oxygens (including phenoxy) is 1. The zero-order chi connectivity index (χ0) is 32.7. The maximum Gasteiger partial charge on any atom is 0.433 e. The van der Waals surface area contributed by atoms with E-state index in [2.05, 4.69) is 9.97 Å². The van der Waals surface area contributed by atoms with Crippen LogP contribution in [-0.4, -0.2) is 59.6 Å². The largest absolute Gasteiger partial charge is 0.465 e. The molecule has 0 bridgehead atoms. The predicted octanol–water partition coefficient (Wildman–Crippen LogP) is 5.55. The summed E-state index contributed by atoms with van der Waals surface area (Å²) < 4.78 is 88.1. The highest BCUT2D eigenvalue weighted by Gasteiger charge is 2.46. The summed E-state index contributed by atoms with van der Waals surface area (Å²) in [7, 11) is 0. The highest BCUT2D eigenvalue weighted by Crippen LogP contribution is 2.44. The van der Waals surface area contributed by atoms with Crippen molar-refractivity contribution in [3.63, 3.8) is 0 Å². The normalized spacial score (nSPS) is 20.5. The van der Waals surface area contributed by atoms with Crippen LogP contribution in [0.4, 0.5) is 42.5 Å². The molecule has 3 aromatic rings. The molecule has 1 saturated heterocycles. The van der Waals surface area contributed by atoms with Crippen molar-refractivity contribution in [2.24, 2.45) is 5.73 Å². The predicted molar refractivity (Wildman–Crippen MR) is 150 cm³/mol. The van der Waals surface area contributed by atoms with Crippen LogP contribution in [0.2, 0.25) is 0 Å². The van der Waals surface area contributed by atoms with Crippen LogP contribution in [0.3, 0.4) is 0 Å². The van der Waals surface area contributed by atoms with Gasteiger partial charge < -0.3 is 20.5 Å². The van der Waals surface area contributed by atoms with Crippen LogP contribution in [0.25, 0.3) is 0 Å². The minimum Gasteiger partial charge on any atom is -0.465 e. The number of pyridine rings is 2. The van der Waals surface area contributed by atoms with Gasteiger partial charge >= 0.3 is 18.4 Å². The van der Waals surface area contributed by atoms with Gasteiger partial charge in [0.25, 0.3) is 0 Å². The molecule has 45 heavy (non-hydrogen) atoms. The lowest BCUT2D eigenvalue weighted by atomic mass is 9.79. The molecule has 0 saturated carbocycles. The zero-order valence-corrected chi connectivity index (χ0v) is 23.9. The Balaban J connectivity index is 1.73. The topological polar surface area (TPSA) is 129 Å². The maximum absolute atomic E-state index is 13.8. The molecule has 5 rings (SSSR count). The fraction of sp³-hybridized carbons (Fsp3) is 0.400. The van der Waals surface area contributed by atoms with Gasteiger partial charge in [-0.3, -0.25) is 9.88 Å². The number of carbonyl (C=O) groups is 1. The quantitative estimate of drug-likeness (QED) is 0.350. The van der Waals surface area contributed by atoms with Gasteiger partial charge in [-0.1, -0.05) is 6.92 Å². The van der Waals surface area contributed by atoms with Crippen molar-refractivity contribution in [2.75, 3.05) is 36.1 Å². The SMILES string of the molecule is CCC1C(N)C(c2ncc(N3CCOCC3)cc2Cc2cc(C#N)cc(C(F)(F)F)c2)c2nc(C(F)(F)F)ccc2N1C(=O)O. The molecule has 1 amide bonds. The van der Waals surface area contributed by atoms with Crippen molar-refractivity contribution in [1.82, 2.24) is 9.97 Å². The Labute approximate surface area is 253 Å². The molecule has 1 fully saturated rings. The second-order valence-corrected chi connectivity index (χ2v) is 10.8. The molecule has 3 atom stereocenters. The molecule has 2 aliphatic rings. The fourth-order valence-electron chi connectivity index (χ4n) is 5.99. The number of nitrogens with two attached hydrogens (primary N) is 1. The van der Waals surface area contributed by atoms with E-state index in [1.807, 2.05) is 4.90 Å². The Morgan fingerprint density at radius 1 is 1.09 bits per heavy atom. The second-order valence-electron chi connectivity index (χ2n) is 10.8. The van der Waals surface area contributed by atoms with Crippen LogP contribution in [0.15, 0.2) is 42.6 Å². The number of amides is 1. The second kappa shape index (κ2) is 12.2. The van der Waals surface area contributed by atoms with Crippen LogP contribution in [0.1, 0.15) is 58.6 Å². The van der Waals surface area contributed by atoms with E-state index in [0.717, 1.165) is 23.1 Å². The Kier molecular flexibility index (Phi) is 8.65. The van der Waals surface area contributed by atoms with Crippen molar-refractivity contribution >= 4 is 17.5 Å². The number of aromatic nitrogens is 2. The molecule has 4 heterocycles. The van der Waals surface area contributed by atoms with Crippen LogP contribution in [0, 0.1) is 11.3 Å². The minimum absolute atomic E-state index is 0.0927. The molecule has 3 unspecified atom stereocenters. The molecule has 238 valence electrons. The first-order valence-corrected chi connectivity index (χ1v) is 14.0. The number of carboxylic acid groups (broad SMARTS) is 1. The van der Waals surface area contributed by atoms with E-state index in [1.165, 1.54) is 12.3 Å². The van der Waals surface area contributed by atoms with Gasteiger partial charge in [-0.25, -0.2) is 9.78 Å². The molecular formula is C30H28F6N6O3. The van der Waals surface area contributed by atoms with Gasteiger partial charge in [0.2, 0.25) is 0 Å². The number of nitrogens with zero attached hydrogens (tertiary/aromatic N) is 5. The van der Waals surface area contributed by atoms with Crippen molar-refractivity contribution in [3.8, 4) is 6.07 Å². The number of nitriles is 1. The highest BCUT2D eigenvalue weighted by molar-refractivity contribution is 5.89. The first-order chi connectivity index (χ1) is 21.2. The average molecular weight is 635 g/mol. The van der Waals surface area contributed by atoms with Crippen molar-refractivity contribution in [3.05, 3.63) is 81.9 Å². The lowest BCUT2D eigenvalue weighted by molar-refractivity contribution is -0.141. The third-order valence-corrected chi connectivity index (χ3v) is 8.03. The average Bonchev–Trinajstić information content (AvgIpc) is 2.99.